The lowest BCUT2D eigenvalue weighted by Gasteiger charge is -2.12. The SMILES string of the molecule is COc1cccc2c1nc(N)n1cc(C(=O)N3C[C@@H](F)[C@H](F)C3)nc21. The summed E-state index contributed by atoms with van der Waals surface area (Å²) in [5.41, 5.74) is 6.98. The second-order valence-electron chi connectivity index (χ2n) is 5.89. The van der Waals surface area contributed by atoms with Gasteiger partial charge in [-0.15, -0.1) is 0 Å². The molecule has 3 heterocycles. The summed E-state index contributed by atoms with van der Waals surface area (Å²) < 4.78 is 33.5. The maximum absolute atomic E-state index is 13.4. The zero-order chi connectivity index (χ0) is 17.7. The quantitative estimate of drug-likeness (QED) is 0.761. The van der Waals surface area contributed by atoms with E-state index in [0.717, 1.165) is 4.90 Å². The number of aromatic nitrogens is 3. The molecule has 4 rings (SSSR count). The smallest absolute Gasteiger partial charge is 0.274 e. The first kappa shape index (κ1) is 15.6. The molecule has 0 bridgehead atoms. The second kappa shape index (κ2) is 5.54. The molecule has 2 N–H and O–H groups in total. The van der Waals surface area contributed by atoms with Crippen molar-refractivity contribution >= 4 is 28.4 Å². The number of para-hydroxylation sites is 1. The van der Waals surface area contributed by atoms with Gasteiger partial charge in [-0.3, -0.25) is 9.20 Å². The van der Waals surface area contributed by atoms with Crippen LogP contribution in [0.4, 0.5) is 14.7 Å². The molecular formula is C16H15F2N5O2. The lowest BCUT2D eigenvalue weighted by Crippen LogP contribution is -2.29. The predicted molar refractivity (Wildman–Crippen MR) is 87.2 cm³/mol. The number of fused-ring (bicyclic) bond motifs is 3. The van der Waals surface area contributed by atoms with Crippen molar-refractivity contribution in [3.05, 3.63) is 30.1 Å². The Hall–Kier alpha value is -2.97. The maximum Gasteiger partial charge on any atom is 0.274 e. The summed E-state index contributed by atoms with van der Waals surface area (Å²) in [6.45, 7) is -0.563. The number of nitrogen functional groups attached to an aromatic ring is 1. The van der Waals surface area contributed by atoms with Crippen LogP contribution in [0.25, 0.3) is 16.6 Å². The number of nitrogens with zero attached hydrogens (tertiary/aromatic N) is 4. The molecule has 130 valence electrons. The van der Waals surface area contributed by atoms with E-state index in [1.807, 2.05) is 0 Å². The van der Waals surface area contributed by atoms with E-state index in [4.69, 9.17) is 10.5 Å². The average Bonchev–Trinajstić information content (AvgIpc) is 3.19. The average molecular weight is 347 g/mol. The van der Waals surface area contributed by atoms with Crippen LogP contribution in [-0.4, -0.2) is 57.7 Å². The van der Waals surface area contributed by atoms with Crippen molar-refractivity contribution in [1.29, 1.82) is 0 Å². The van der Waals surface area contributed by atoms with Crippen molar-refractivity contribution in [2.75, 3.05) is 25.9 Å². The molecule has 1 aliphatic heterocycles. The lowest BCUT2D eigenvalue weighted by molar-refractivity contribution is 0.0773. The number of alkyl halides is 2. The minimum atomic E-state index is -1.67. The van der Waals surface area contributed by atoms with E-state index >= 15 is 0 Å². The predicted octanol–water partition coefficient (Wildman–Crippen LogP) is 1.61. The monoisotopic (exact) mass is 347 g/mol. The highest BCUT2D eigenvalue weighted by Gasteiger charge is 2.36. The fraction of sp³-hybridized carbons (Fsp3) is 0.312. The molecule has 1 aromatic carbocycles. The van der Waals surface area contributed by atoms with Crippen molar-refractivity contribution in [2.24, 2.45) is 0 Å². The molecule has 0 spiro atoms. The number of amides is 1. The van der Waals surface area contributed by atoms with Crippen LogP contribution in [-0.2, 0) is 0 Å². The molecular weight excluding hydrogens is 332 g/mol. The summed E-state index contributed by atoms with van der Waals surface area (Å²) in [6.07, 6.45) is -1.91. The van der Waals surface area contributed by atoms with Gasteiger partial charge in [0.15, 0.2) is 12.3 Å². The number of anilines is 1. The Morgan fingerprint density at radius 1 is 1.28 bits per heavy atom. The number of benzene rings is 1. The number of likely N-dealkylation sites (tertiary alicyclic amines) is 1. The van der Waals surface area contributed by atoms with Crippen LogP contribution in [0.3, 0.4) is 0 Å². The summed E-state index contributed by atoms with van der Waals surface area (Å²) in [4.78, 5) is 22.2. The first-order valence-corrected chi connectivity index (χ1v) is 7.68. The first-order valence-electron chi connectivity index (χ1n) is 7.68. The molecule has 1 fully saturated rings. The van der Waals surface area contributed by atoms with Crippen LogP contribution in [0.1, 0.15) is 10.5 Å². The number of halogens is 2. The van der Waals surface area contributed by atoms with E-state index < -0.39 is 18.3 Å². The Kier molecular flexibility index (Phi) is 3.45. The van der Waals surface area contributed by atoms with Crippen LogP contribution < -0.4 is 10.5 Å². The Morgan fingerprint density at radius 2 is 2.00 bits per heavy atom. The normalized spacial score (nSPS) is 20.5. The second-order valence-corrected chi connectivity index (χ2v) is 5.89. The zero-order valence-corrected chi connectivity index (χ0v) is 13.3. The topological polar surface area (TPSA) is 85.8 Å². The third-order valence-electron chi connectivity index (χ3n) is 4.33. The molecule has 2 aromatic heterocycles. The molecule has 1 amide bonds. The summed E-state index contributed by atoms with van der Waals surface area (Å²) in [7, 11) is 1.52. The van der Waals surface area contributed by atoms with Crippen molar-refractivity contribution in [3.63, 3.8) is 0 Å². The molecule has 25 heavy (non-hydrogen) atoms. The summed E-state index contributed by atoms with van der Waals surface area (Å²) in [6, 6.07) is 5.30. The van der Waals surface area contributed by atoms with Crippen molar-refractivity contribution < 1.29 is 18.3 Å². The largest absolute Gasteiger partial charge is 0.494 e. The first-order chi connectivity index (χ1) is 12.0. The van der Waals surface area contributed by atoms with Gasteiger partial charge in [0.05, 0.1) is 20.2 Å². The molecule has 3 aromatic rings. The number of carbonyl (C=O) groups is 1. The highest BCUT2D eigenvalue weighted by Crippen LogP contribution is 2.28. The fourth-order valence-electron chi connectivity index (χ4n) is 3.05. The number of imidazole rings is 1. The Bertz CT molecular complexity index is 979. The van der Waals surface area contributed by atoms with Gasteiger partial charge < -0.3 is 15.4 Å². The fourth-order valence-corrected chi connectivity index (χ4v) is 3.05. The van der Waals surface area contributed by atoms with Gasteiger partial charge in [-0.2, -0.15) is 0 Å². The molecule has 9 heteroatoms. The third-order valence-corrected chi connectivity index (χ3v) is 4.33. The van der Waals surface area contributed by atoms with Crippen LogP contribution >= 0.6 is 0 Å². The van der Waals surface area contributed by atoms with Crippen LogP contribution in [0.5, 0.6) is 5.75 Å². The van der Waals surface area contributed by atoms with Gasteiger partial charge in [-0.1, -0.05) is 6.07 Å². The van der Waals surface area contributed by atoms with E-state index in [-0.39, 0.29) is 24.7 Å². The lowest BCUT2D eigenvalue weighted by atomic mass is 10.2. The van der Waals surface area contributed by atoms with Crippen molar-refractivity contribution in [2.45, 2.75) is 12.3 Å². The van der Waals surface area contributed by atoms with E-state index in [1.54, 1.807) is 18.2 Å². The molecule has 0 aliphatic carbocycles. The molecule has 2 atom stereocenters. The highest BCUT2D eigenvalue weighted by molar-refractivity contribution is 5.99. The standard InChI is InChI=1S/C16H15F2N5O2/c1-25-12-4-2-3-8-13(12)21-16(19)23-7-11(20-14(8)23)15(24)22-5-9(17)10(18)6-22/h2-4,7,9-10H,5-6H2,1H3,(H2,19,21)/t9-,10-/m1/s1. The number of nitrogens with two attached hydrogens (primary N) is 1. The van der Waals surface area contributed by atoms with E-state index in [0.29, 0.717) is 22.3 Å². The van der Waals surface area contributed by atoms with E-state index in [1.165, 1.54) is 17.7 Å². The molecule has 1 aliphatic rings. The third kappa shape index (κ3) is 2.34. The van der Waals surface area contributed by atoms with Crippen LogP contribution in [0.2, 0.25) is 0 Å². The Labute approximate surface area is 141 Å². The number of hydrogen-bond acceptors (Lipinski definition) is 5. The summed E-state index contributed by atoms with van der Waals surface area (Å²) in [5.74, 6) is 0.122. The number of ether oxygens (including phenoxy) is 1. The zero-order valence-electron chi connectivity index (χ0n) is 13.3. The van der Waals surface area contributed by atoms with Gasteiger partial charge in [-0.25, -0.2) is 18.7 Å². The van der Waals surface area contributed by atoms with Gasteiger partial charge in [0, 0.05) is 11.6 Å². The van der Waals surface area contributed by atoms with Crippen molar-refractivity contribution in [3.8, 4) is 5.75 Å². The van der Waals surface area contributed by atoms with Crippen LogP contribution in [0, 0.1) is 0 Å². The van der Waals surface area contributed by atoms with E-state index in [2.05, 4.69) is 9.97 Å². The van der Waals surface area contributed by atoms with Gasteiger partial charge in [0.2, 0.25) is 5.95 Å². The summed E-state index contributed by atoms with van der Waals surface area (Å²) >= 11 is 0. The van der Waals surface area contributed by atoms with Gasteiger partial charge in [0.1, 0.15) is 22.6 Å². The molecule has 7 nitrogen and oxygen atoms in total. The number of hydrogen-bond donors (Lipinski definition) is 1. The van der Waals surface area contributed by atoms with Gasteiger partial charge >= 0.3 is 0 Å². The number of rotatable bonds is 2. The molecule has 1 saturated heterocycles. The Balaban J connectivity index is 1.84. The molecule has 0 radical (unpaired) electrons. The van der Waals surface area contributed by atoms with E-state index in [9.17, 15) is 13.6 Å². The number of methoxy groups -OCH3 is 1. The maximum atomic E-state index is 13.4. The highest BCUT2D eigenvalue weighted by atomic mass is 19.2. The van der Waals surface area contributed by atoms with Crippen molar-refractivity contribution in [1.82, 2.24) is 19.3 Å². The Morgan fingerprint density at radius 3 is 2.68 bits per heavy atom. The summed E-state index contributed by atoms with van der Waals surface area (Å²) in [5, 5.41) is 0.653. The minimum absolute atomic E-state index is 0.0603. The number of carbonyl (C=O) groups excluding carboxylic acids is 1. The van der Waals surface area contributed by atoms with Crippen LogP contribution in [0.15, 0.2) is 24.4 Å². The van der Waals surface area contributed by atoms with Gasteiger partial charge in [0.25, 0.3) is 5.91 Å². The minimum Gasteiger partial charge on any atom is -0.494 e. The molecule has 0 saturated carbocycles. The van der Waals surface area contributed by atoms with Gasteiger partial charge in [-0.05, 0) is 12.1 Å². The molecule has 0 unspecified atom stereocenters.